The Balaban J connectivity index is 1.84. The summed E-state index contributed by atoms with van der Waals surface area (Å²) in [7, 11) is 0. The molecule has 0 aliphatic heterocycles. The van der Waals surface area contributed by atoms with Gasteiger partial charge in [-0.2, -0.15) is 0 Å². The first kappa shape index (κ1) is 16.1. The number of rotatable bonds is 5. The molecule has 0 saturated carbocycles. The number of hydrogen-bond acceptors (Lipinski definition) is 2. The van der Waals surface area contributed by atoms with E-state index in [4.69, 9.17) is 23.2 Å². The largest absolute Gasteiger partial charge is 0.324 e. The van der Waals surface area contributed by atoms with Crippen molar-refractivity contribution in [3.63, 3.8) is 0 Å². The molecular weight excluding hydrogens is 332 g/mol. The molecular formula is C15H12Cl2FNOS. The molecule has 0 radical (unpaired) electrons. The van der Waals surface area contributed by atoms with Gasteiger partial charge in [0.1, 0.15) is 5.82 Å². The zero-order valence-electron chi connectivity index (χ0n) is 10.9. The Hall–Kier alpha value is -1.23. The first-order valence-electron chi connectivity index (χ1n) is 6.18. The summed E-state index contributed by atoms with van der Waals surface area (Å²) in [5.41, 5.74) is 0.428. The van der Waals surface area contributed by atoms with E-state index in [1.807, 2.05) is 0 Å². The normalized spacial score (nSPS) is 10.4. The van der Waals surface area contributed by atoms with Crippen LogP contribution < -0.4 is 5.32 Å². The fraction of sp³-hybridized carbons (Fsp3) is 0.133. The molecule has 6 heteroatoms. The molecule has 1 N–H and O–H groups in total. The maximum Gasteiger partial charge on any atom is 0.225 e. The first-order chi connectivity index (χ1) is 10.1. The van der Waals surface area contributed by atoms with Crippen molar-refractivity contribution >= 4 is 46.6 Å². The number of anilines is 1. The van der Waals surface area contributed by atoms with Crippen molar-refractivity contribution in [1.29, 1.82) is 0 Å². The predicted octanol–water partition coefficient (Wildman–Crippen LogP) is 5.25. The van der Waals surface area contributed by atoms with Crippen molar-refractivity contribution in [2.75, 3.05) is 11.1 Å². The average Bonchev–Trinajstić information content (AvgIpc) is 2.45. The van der Waals surface area contributed by atoms with Gasteiger partial charge in [0, 0.05) is 17.1 Å². The van der Waals surface area contributed by atoms with E-state index in [9.17, 15) is 9.18 Å². The number of hydrogen-bond donors (Lipinski definition) is 1. The summed E-state index contributed by atoms with van der Waals surface area (Å²) in [5.74, 6) is 0.143. The Morgan fingerprint density at radius 3 is 2.33 bits per heavy atom. The van der Waals surface area contributed by atoms with Gasteiger partial charge in [0.05, 0.1) is 15.7 Å². The van der Waals surface area contributed by atoms with Crippen LogP contribution in [0.1, 0.15) is 6.42 Å². The SMILES string of the molecule is O=C(CCSc1ccc(F)cc1)Nc1c(Cl)cccc1Cl. The van der Waals surface area contributed by atoms with Gasteiger partial charge < -0.3 is 5.32 Å². The van der Waals surface area contributed by atoms with Crippen LogP contribution in [-0.4, -0.2) is 11.7 Å². The molecule has 0 aromatic heterocycles. The third kappa shape index (κ3) is 4.92. The van der Waals surface area contributed by atoms with E-state index in [0.717, 1.165) is 4.90 Å². The van der Waals surface area contributed by atoms with E-state index >= 15 is 0 Å². The van der Waals surface area contributed by atoms with Crippen LogP contribution in [0.15, 0.2) is 47.4 Å². The second kappa shape index (κ2) is 7.69. The van der Waals surface area contributed by atoms with Crippen molar-refractivity contribution < 1.29 is 9.18 Å². The van der Waals surface area contributed by atoms with Crippen molar-refractivity contribution in [1.82, 2.24) is 0 Å². The molecule has 0 bridgehead atoms. The number of carbonyl (C=O) groups is 1. The average molecular weight is 344 g/mol. The molecule has 2 nitrogen and oxygen atoms in total. The summed E-state index contributed by atoms with van der Waals surface area (Å²) < 4.78 is 12.8. The Bertz CT molecular complexity index is 614. The summed E-state index contributed by atoms with van der Waals surface area (Å²) in [6.45, 7) is 0. The summed E-state index contributed by atoms with van der Waals surface area (Å²) >= 11 is 13.4. The summed E-state index contributed by atoms with van der Waals surface area (Å²) in [5, 5.41) is 3.51. The number of thioether (sulfide) groups is 1. The van der Waals surface area contributed by atoms with Crippen LogP contribution in [0, 0.1) is 5.82 Å². The fourth-order valence-corrected chi connectivity index (χ4v) is 2.96. The summed E-state index contributed by atoms with van der Waals surface area (Å²) in [6, 6.07) is 11.2. The topological polar surface area (TPSA) is 29.1 Å². The zero-order valence-corrected chi connectivity index (χ0v) is 13.2. The molecule has 1 amide bonds. The van der Waals surface area contributed by atoms with Gasteiger partial charge in [-0.1, -0.05) is 29.3 Å². The highest BCUT2D eigenvalue weighted by Gasteiger charge is 2.09. The molecule has 0 aliphatic rings. The highest BCUT2D eigenvalue weighted by Crippen LogP contribution is 2.30. The smallest absolute Gasteiger partial charge is 0.225 e. The van der Waals surface area contributed by atoms with E-state index in [-0.39, 0.29) is 11.7 Å². The second-order valence-electron chi connectivity index (χ2n) is 4.20. The Morgan fingerprint density at radius 2 is 1.71 bits per heavy atom. The highest BCUT2D eigenvalue weighted by molar-refractivity contribution is 7.99. The van der Waals surface area contributed by atoms with Gasteiger partial charge in [-0.3, -0.25) is 4.79 Å². The number of halogens is 3. The molecule has 0 atom stereocenters. The monoisotopic (exact) mass is 343 g/mol. The van der Waals surface area contributed by atoms with Crippen LogP contribution in [0.3, 0.4) is 0 Å². The van der Waals surface area contributed by atoms with Crippen molar-refractivity contribution in [2.24, 2.45) is 0 Å². The molecule has 110 valence electrons. The molecule has 2 aromatic rings. The molecule has 0 fully saturated rings. The maximum absolute atomic E-state index is 12.8. The lowest BCUT2D eigenvalue weighted by Gasteiger charge is -2.09. The Kier molecular flexibility index (Phi) is 5.91. The van der Waals surface area contributed by atoms with Gasteiger partial charge >= 0.3 is 0 Å². The summed E-state index contributed by atoms with van der Waals surface area (Å²) in [6.07, 6.45) is 0.309. The van der Waals surface area contributed by atoms with Crippen molar-refractivity contribution in [3.05, 3.63) is 58.3 Å². The lowest BCUT2D eigenvalue weighted by molar-refractivity contribution is -0.115. The molecule has 21 heavy (non-hydrogen) atoms. The van der Waals surface area contributed by atoms with E-state index in [1.54, 1.807) is 30.3 Å². The van der Waals surface area contributed by atoms with Crippen molar-refractivity contribution in [3.8, 4) is 0 Å². The minimum absolute atomic E-state index is 0.167. The minimum atomic E-state index is -0.273. The summed E-state index contributed by atoms with van der Waals surface area (Å²) in [4.78, 5) is 12.8. The number of para-hydroxylation sites is 1. The van der Waals surface area contributed by atoms with Gasteiger partial charge in [-0.15, -0.1) is 11.8 Å². The molecule has 0 spiro atoms. The lowest BCUT2D eigenvalue weighted by Crippen LogP contribution is -2.12. The third-order valence-electron chi connectivity index (χ3n) is 2.64. The predicted molar refractivity (Wildman–Crippen MR) is 86.8 cm³/mol. The van der Waals surface area contributed by atoms with Gasteiger partial charge in [0.25, 0.3) is 0 Å². The first-order valence-corrected chi connectivity index (χ1v) is 7.92. The maximum atomic E-state index is 12.8. The van der Waals surface area contributed by atoms with Crippen LogP contribution in [-0.2, 0) is 4.79 Å². The molecule has 0 saturated heterocycles. The van der Waals surface area contributed by atoms with Crippen LogP contribution in [0.4, 0.5) is 10.1 Å². The van der Waals surface area contributed by atoms with Gasteiger partial charge in [0.15, 0.2) is 0 Å². The van der Waals surface area contributed by atoms with Crippen LogP contribution in [0.2, 0.25) is 10.0 Å². The van der Waals surface area contributed by atoms with E-state index < -0.39 is 0 Å². The van der Waals surface area contributed by atoms with Crippen LogP contribution in [0.25, 0.3) is 0 Å². The molecule has 0 unspecified atom stereocenters. The van der Waals surface area contributed by atoms with E-state index in [0.29, 0.717) is 27.9 Å². The number of benzene rings is 2. The van der Waals surface area contributed by atoms with E-state index in [1.165, 1.54) is 23.9 Å². The molecule has 2 aromatic carbocycles. The highest BCUT2D eigenvalue weighted by atomic mass is 35.5. The van der Waals surface area contributed by atoms with Crippen LogP contribution >= 0.6 is 35.0 Å². The molecule has 0 aliphatic carbocycles. The van der Waals surface area contributed by atoms with Crippen LogP contribution in [0.5, 0.6) is 0 Å². The van der Waals surface area contributed by atoms with Crippen molar-refractivity contribution in [2.45, 2.75) is 11.3 Å². The number of carbonyl (C=O) groups excluding carboxylic acids is 1. The Labute approximate surface area is 136 Å². The second-order valence-corrected chi connectivity index (χ2v) is 6.18. The number of amides is 1. The fourth-order valence-electron chi connectivity index (χ4n) is 1.61. The Morgan fingerprint density at radius 1 is 1.10 bits per heavy atom. The lowest BCUT2D eigenvalue weighted by atomic mass is 10.3. The third-order valence-corrected chi connectivity index (χ3v) is 4.28. The van der Waals surface area contributed by atoms with Gasteiger partial charge in [-0.05, 0) is 36.4 Å². The zero-order chi connectivity index (χ0) is 15.2. The van der Waals surface area contributed by atoms with Gasteiger partial charge in [0.2, 0.25) is 5.91 Å². The standard InChI is InChI=1S/C15H12Cl2FNOS/c16-12-2-1-3-13(17)15(12)19-14(20)8-9-21-11-6-4-10(18)5-7-11/h1-7H,8-9H2,(H,19,20). The molecule has 0 heterocycles. The van der Waals surface area contributed by atoms with E-state index in [2.05, 4.69) is 5.32 Å². The van der Waals surface area contributed by atoms with Gasteiger partial charge in [-0.25, -0.2) is 4.39 Å². The minimum Gasteiger partial charge on any atom is -0.324 e. The number of nitrogens with one attached hydrogen (secondary N) is 1. The molecule has 2 rings (SSSR count). The quantitative estimate of drug-likeness (QED) is 0.750.